The molecule has 12 heavy (non-hydrogen) atoms. The lowest BCUT2D eigenvalue weighted by atomic mass is 10.2. The first-order valence-electron chi connectivity index (χ1n) is 3.78. The zero-order valence-corrected chi connectivity index (χ0v) is 8.05. The zero-order valence-electron chi connectivity index (χ0n) is 7.29. The fourth-order valence-corrected chi connectivity index (χ4v) is 1.10. The van der Waals surface area contributed by atoms with Gasteiger partial charge in [0, 0.05) is 25.3 Å². The Morgan fingerprint density at radius 2 is 1.75 bits per heavy atom. The molecular weight excluding hydrogens is 170 g/mol. The van der Waals surface area contributed by atoms with Crippen LogP contribution >= 0.6 is 11.6 Å². The molecule has 1 nitrogen and oxygen atoms in total. The Bertz CT molecular complexity index is 262. The summed E-state index contributed by atoms with van der Waals surface area (Å²) in [5.41, 5.74) is 3.84. The summed E-state index contributed by atoms with van der Waals surface area (Å²) in [6, 6.07) is 8.20. The standard InChI is InChI=1S/C10H12ClN/c1-12(2)10-5-3-9(4-6-10)7-8-11/h3-8H,1-2H3/b8-7+. The van der Waals surface area contributed by atoms with Gasteiger partial charge in [0.25, 0.3) is 0 Å². The SMILES string of the molecule is CN(C)c1ccc(/C=C/Cl)cc1. The van der Waals surface area contributed by atoms with Crippen molar-refractivity contribution in [3.05, 3.63) is 35.4 Å². The van der Waals surface area contributed by atoms with E-state index in [0.717, 1.165) is 5.56 Å². The topological polar surface area (TPSA) is 3.24 Å². The summed E-state index contributed by atoms with van der Waals surface area (Å²) in [7, 11) is 4.04. The number of anilines is 1. The molecule has 2 heteroatoms. The summed E-state index contributed by atoms with van der Waals surface area (Å²) in [6.45, 7) is 0. The Morgan fingerprint density at radius 3 is 2.17 bits per heavy atom. The van der Waals surface area contributed by atoms with Gasteiger partial charge in [-0.25, -0.2) is 0 Å². The van der Waals surface area contributed by atoms with Crippen molar-refractivity contribution in [2.24, 2.45) is 0 Å². The van der Waals surface area contributed by atoms with Crippen LogP contribution in [0.3, 0.4) is 0 Å². The summed E-state index contributed by atoms with van der Waals surface area (Å²) < 4.78 is 0. The predicted octanol–water partition coefficient (Wildman–Crippen LogP) is 2.96. The Hall–Kier alpha value is -0.950. The average Bonchev–Trinajstić information content (AvgIpc) is 2.06. The van der Waals surface area contributed by atoms with Crippen LogP contribution < -0.4 is 4.90 Å². The van der Waals surface area contributed by atoms with Crippen molar-refractivity contribution in [1.82, 2.24) is 0 Å². The van der Waals surface area contributed by atoms with E-state index in [-0.39, 0.29) is 0 Å². The number of rotatable bonds is 2. The third-order valence-corrected chi connectivity index (χ3v) is 1.79. The maximum absolute atomic E-state index is 5.45. The molecular formula is C10H12ClN. The van der Waals surface area contributed by atoms with Gasteiger partial charge < -0.3 is 4.90 Å². The monoisotopic (exact) mass is 181 g/mol. The number of benzene rings is 1. The molecule has 0 bridgehead atoms. The van der Waals surface area contributed by atoms with E-state index in [4.69, 9.17) is 11.6 Å². The van der Waals surface area contributed by atoms with Crippen molar-refractivity contribution < 1.29 is 0 Å². The van der Waals surface area contributed by atoms with E-state index in [1.165, 1.54) is 11.2 Å². The molecule has 1 rings (SSSR count). The van der Waals surface area contributed by atoms with Crippen molar-refractivity contribution in [3.8, 4) is 0 Å². The quantitative estimate of drug-likeness (QED) is 0.678. The number of hydrogen-bond donors (Lipinski definition) is 0. The second-order valence-electron chi connectivity index (χ2n) is 2.78. The molecule has 0 radical (unpaired) electrons. The molecule has 64 valence electrons. The third kappa shape index (κ3) is 2.28. The third-order valence-electron chi connectivity index (χ3n) is 1.66. The molecule has 0 atom stereocenters. The molecule has 0 amide bonds. The number of nitrogens with zero attached hydrogens (tertiary/aromatic N) is 1. The highest BCUT2D eigenvalue weighted by Crippen LogP contribution is 2.13. The lowest BCUT2D eigenvalue weighted by Crippen LogP contribution is -2.07. The van der Waals surface area contributed by atoms with Crippen molar-refractivity contribution in [3.63, 3.8) is 0 Å². The second-order valence-corrected chi connectivity index (χ2v) is 3.03. The first-order chi connectivity index (χ1) is 5.74. The highest BCUT2D eigenvalue weighted by Gasteiger charge is 1.92. The summed E-state index contributed by atoms with van der Waals surface area (Å²) in [5, 5.41) is 0. The van der Waals surface area contributed by atoms with E-state index in [0.29, 0.717) is 0 Å². The van der Waals surface area contributed by atoms with Crippen LogP contribution in [0, 0.1) is 0 Å². The minimum Gasteiger partial charge on any atom is -0.378 e. The Balaban J connectivity index is 2.85. The first kappa shape index (κ1) is 9.14. The van der Waals surface area contributed by atoms with E-state index in [1.807, 2.05) is 32.3 Å². The van der Waals surface area contributed by atoms with Gasteiger partial charge in [-0.15, -0.1) is 0 Å². The molecule has 0 aromatic heterocycles. The van der Waals surface area contributed by atoms with E-state index in [1.54, 1.807) is 0 Å². The molecule has 0 saturated heterocycles. The minimum absolute atomic E-state index is 1.12. The maximum atomic E-state index is 5.45. The van der Waals surface area contributed by atoms with Crippen LogP contribution in [0.1, 0.15) is 5.56 Å². The second kappa shape index (κ2) is 4.17. The van der Waals surface area contributed by atoms with Crippen LogP contribution in [-0.4, -0.2) is 14.1 Å². The fraction of sp³-hybridized carbons (Fsp3) is 0.200. The molecule has 0 N–H and O–H groups in total. The van der Waals surface area contributed by atoms with Crippen LogP contribution in [0.5, 0.6) is 0 Å². The highest BCUT2D eigenvalue weighted by molar-refractivity contribution is 6.27. The van der Waals surface area contributed by atoms with Gasteiger partial charge in [0.05, 0.1) is 0 Å². The minimum atomic E-state index is 1.12. The smallest absolute Gasteiger partial charge is 0.0361 e. The largest absolute Gasteiger partial charge is 0.378 e. The fourth-order valence-electron chi connectivity index (χ4n) is 0.956. The molecule has 0 aliphatic carbocycles. The van der Waals surface area contributed by atoms with Crippen molar-refractivity contribution in [2.75, 3.05) is 19.0 Å². The Labute approximate surface area is 78.3 Å². The summed E-state index contributed by atoms with van der Waals surface area (Å²) in [6.07, 6.45) is 1.86. The van der Waals surface area contributed by atoms with Gasteiger partial charge in [0.2, 0.25) is 0 Å². The summed E-state index contributed by atoms with van der Waals surface area (Å²) in [4.78, 5) is 2.06. The van der Waals surface area contributed by atoms with Crippen molar-refractivity contribution in [2.45, 2.75) is 0 Å². The molecule has 1 aromatic carbocycles. The predicted molar refractivity (Wildman–Crippen MR) is 55.7 cm³/mol. The van der Waals surface area contributed by atoms with Crippen molar-refractivity contribution in [1.29, 1.82) is 0 Å². The van der Waals surface area contributed by atoms with Gasteiger partial charge in [-0.1, -0.05) is 23.7 Å². The molecule has 0 aliphatic heterocycles. The van der Waals surface area contributed by atoms with E-state index < -0.39 is 0 Å². The first-order valence-corrected chi connectivity index (χ1v) is 4.22. The molecule has 0 aliphatic rings. The van der Waals surface area contributed by atoms with Crippen LogP contribution in [0.4, 0.5) is 5.69 Å². The zero-order chi connectivity index (χ0) is 8.97. The lowest BCUT2D eigenvalue weighted by molar-refractivity contribution is 1.13. The molecule has 0 fully saturated rings. The lowest BCUT2D eigenvalue weighted by Gasteiger charge is -2.11. The van der Waals surface area contributed by atoms with Gasteiger partial charge in [0.1, 0.15) is 0 Å². The normalized spacial score (nSPS) is 10.6. The number of hydrogen-bond acceptors (Lipinski definition) is 1. The molecule has 0 unspecified atom stereocenters. The van der Waals surface area contributed by atoms with E-state index in [2.05, 4.69) is 17.0 Å². The molecule has 1 aromatic rings. The van der Waals surface area contributed by atoms with Crippen LogP contribution in [0.15, 0.2) is 29.8 Å². The van der Waals surface area contributed by atoms with Gasteiger partial charge >= 0.3 is 0 Å². The van der Waals surface area contributed by atoms with E-state index in [9.17, 15) is 0 Å². The van der Waals surface area contributed by atoms with Gasteiger partial charge in [0.15, 0.2) is 0 Å². The van der Waals surface area contributed by atoms with Crippen LogP contribution in [0.25, 0.3) is 6.08 Å². The van der Waals surface area contributed by atoms with Gasteiger partial charge in [-0.2, -0.15) is 0 Å². The molecule has 0 heterocycles. The molecule has 0 saturated carbocycles. The summed E-state index contributed by atoms with van der Waals surface area (Å²) >= 11 is 5.45. The highest BCUT2D eigenvalue weighted by atomic mass is 35.5. The number of halogens is 1. The Kier molecular flexibility index (Phi) is 3.18. The van der Waals surface area contributed by atoms with Crippen LogP contribution in [0.2, 0.25) is 0 Å². The van der Waals surface area contributed by atoms with Gasteiger partial charge in [-0.3, -0.25) is 0 Å². The van der Waals surface area contributed by atoms with Crippen molar-refractivity contribution >= 4 is 23.4 Å². The Morgan fingerprint density at radius 1 is 1.17 bits per heavy atom. The maximum Gasteiger partial charge on any atom is 0.0361 e. The average molecular weight is 182 g/mol. The van der Waals surface area contributed by atoms with E-state index >= 15 is 0 Å². The van der Waals surface area contributed by atoms with Crippen LogP contribution in [-0.2, 0) is 0 Å². The summed E-state index contributed by atoms with van der Waals surface area (Å²) in [5.74, 6) is 0. The van der Waals surface area contributed by atoms with Gasteiger partial charge in [-0.05, 0) is 23.8 Å². The molecule has 0 spiro atoms.